The second kappa shape index (κ2) is 3.75. The molecule has 0 heterocycles. The van der Waals surface area contributed by atoms with Gasteiger partial charge in [0.25, 0.3) is 0 Å². The summed E-state index contributed by atoms with van der Waals surface area (Å²) in [7, 11) is 0. The predicted molar refractivity (Wildman–Crippen MR) is 28.6 cm³/mol. The molecule has 0 aliphatic carbocycles. The van der Waals surface area contributed by atoms with Crippen LogP contribution in [0.4, 0.5) is 4.39 Å². The molecule has 1 atom stereocenters. The Labute approximate surface area is 46.1 Å². The van der Waals surface area contributed by atoms with Crippen LogP contribution in [-0.2, 0) is 0 Å². The van der Waals surface area contributed by atoms with E-state index in [2.05, 4.69) is 6.92 Å². The van der Waals surface area contributed by atoms with Gasteiger partial charge in [0.2, 0.25) is 4.96 Å². The molecule has 0 rings (SSSR count). The van der Waals surface area contributed by atoms with E-state index in [-0.39, 0.29) is 0 Å². The molecule has 0 aliphatic heterocycles. The Morgan fingerprint density at radius 1 is 2.00 bits per heavy atom. The summed E-state index contributed by atoms with van der Waals surface area (Å²) in [5, 5.41) is 0. The molecule has 0 bridgehead atoms. The van der Waals surface area contributed by atoms with E-state index >= 15 is 0 Å². The lowest BCUT2D eigenvalue weighted by atomic mass is 11.0. The fraction of sp³-hybridized carbons (Fsp3) is 0.667. The zero-order valence-corrected chi connectivity index (χ0v) is 4.73. The van der Waals surface area contributed by atoms with E-state index in [9.17, 15) is 4.39 Å². The number of alkyl halides is 2. The van der Waals surface area contributed by atoms with Crippen molar-refractivity contribution in [2.45, 2.75) is 4.96 Å². The quantitative estimate of drug-likeness (QED) is 0.512. The maximum absolute atomic E-state index is 11.4. The first-order valence-corrected chi connectivity index (χ1v) is 2.95. The van der Waals surface area contributed by atoms with Crippen LogP contribution in [0.15, 0.2) is 0 Å². The molecule has 0 aromatic heterocycles. The molecule has 0 saturated heterocycles. The van der Waals surface area contributed by atoms with E-state index in [1.165, 1.54) is 0 Å². The Morgan fingerprint density at radius 2 is 2.50 bits per heavy atom. The Hall–Kier alpha value is 0.570. The molecule has 0 aliphatic rings. The van der Waals surface area contributed by atoms with Gasteiger partial charge in [0.05, 0.1) is 0 Å². The van der Waals surface area contributed by atoms with Gasteiger partial charge < -0.3 is 0 Å². The van der Waals surface area contributed by atoms with Gasteiger partial charge in [-0.3, -0.25) is 0 Å². The minimum absolute atomic E-state index is 0.491. The summed E-state index contributed by atoms with van der Waals surface area (Å²) in [6.07, 6.45) is 0. The highest BCUT2D eigenvalue weighted by atomic mass is 35.5. The number of rotatable bonds is 2. The van der Waals surface area contributed by atoms with Crippen LogP contribution in [0.3, 0.4) is 0 Å². The minimum Gasteiger partial charge on any atom is -0.218 e. The van der Waals surface area contributed by atoms with E-state index in [0.29, 0.717) is 5.75 Å². The first kappa shape index (κ1) is 6.57. The van der Waals surface area contributed by atoms with Gasteiger partial charge in [0.15, 0.2) is 0 Å². The largest absolute Gasteiger partial charge is 0.219 e. The van der Waals surface area contributed by atoms with Crippen LogP contribution in [0.1, 0.15) is 0 Å². The van der Waals surface area contributed by atoms with Gasteiger partial charge >= 0.3 is 0 Å². The molecule has 0 spiro atoms. The van der Waals surface area contributed by atoms with Crippen LogP contribution in [0.2, 0.25) is 0 Å². The molecule has 3 heteroatoms. The second-order valence-corrected chi connectivity index (χ2v) is 2.43. The van der Waals surface area contributed by atoms with Crippen LogP contribution in [0.5, 0.6) is 0 Å². The molecule has 0 aromatic carbocycles. The summed E-state index contributed by atoms with van der Waals surface area (Å²) >= 11 is 5.81. The van der Waals surface area contributed by atoms with Crippen molar-refractivity contribution in [3.8, 4) is 0 Å². The minimum atomic E-state index is -1.28. The number of hydrogen-bond acceptors (Lipinski definition) is 1. The Morgan fingerprint density at radius 3 is 2.50 bits per heavy atom. The average Bonchev–Trinajstić information content (AvgIpc) is 1.35. The third kappa shape index (κ3) is 4.57. The molecule has 0 saturated carbocycles. The summed E-state index contributed by atoms with van der Waals surface area (Å²) < 4.78 is 11.4. The van der Waals surface area contributed by atoms with Crippen molar-refractivity contribution in [3.05, 3.63) is 6.92 Å². The molecule has 37 valence electrons. The maximum Gasteiger partial charge on any atom is 0.219 e. The van der Waals surface area contributed by atoms with E-state index in [4.69, 9.17) is 11.6 Å². The number of halogens is 2. The fourth-order valence-electron chi connectivity index (χ4n) is 0.0891. The molecule has 1 radical (unpaired) electrons. The smallest absolute Gasteiger partial charge is 0.218 e. The lowest BCUT2D eigenvalue weighted by Crippen LogP contribution is -1.77. The summed E-state index contributed by atoms with van der Waals surface area (Å²) in [4.78, 5) is -1.28. The van der Waals surface area contributed by atoms with Crippen LogP contribution in [0, 0.1) is 6.92 Å². The van der Waals surface area contributed by atoms with Gasteiger partial charge in [0, 0.05) is 0 Å². The summed E-state index contributed by atoms with van der Waals surface area (Å²) in [5.41, 5.74) is 0. The second-order valence-electron chi connectivity index (χ2n) is 0.631. The molecule has 0 aromatic rings. The third-order valence-electron chi connectivity index (χ3n) is 0.244. The van der Waals surface area contributed by atoms with Crippen molar-refractivity contribution in [2.24, 2.45) is 0 Å². The van der Waals surface area contributed by atoms with Crippen LogP contribution in [0.25, 0.3) is 0 Å². The van der Waals surface area contributed by atoms with Crippen LogP contribution < -0.4 is 0 Å². The van der Waals surface area contributed by atoms with E-state index < -0.39 is 4.96 Å². The first-order valence-electron chi connectivity index (χ1n) is 1.46. The summed E-state index contributed by atoms with van der Waals surface area (Å²) in [5.74, 6) is 0.491. The molecule has 6 heavy (non-hydrogen) atoms. The average molecular weight is 128 g/mol. The lowest BCUT2D eigenvalue weighted by molar-refractivity contribution is 0.561. The van der Waals surface area contributed by atoms with Crippen molar-refractivity contribution in [2.75, 3.05) is 5.75 Å². The normalized spacial score (nSPS) is 14.5. The van der Waals surface area contributed by atoms with Gasteiger partial charge in [-0.2, -0.15) is 0 Å². The standard InChI is InChI=1S/C3H5ClFS/c1-2-6-3(4)5/h3H,1-2H2. The van der Waals surface area contributed by atoms with E-state index in [0.717, 1.165) is 11.8 Å². The van der Waals surface area contributed by atoms with Gasteiger partial charge in [-0.25, -0.2) is 4.39 Å². The molecule has 0 nitrogen and oxygen atoms in total. The Balaban J connectivity index is 2.63. The van der Waals surface area contributed by atoms with Crippen molar-refractivity contribution < 1.29 is 4.39 Å². The highest BCUT2D eigenvalue weighted by Crippen LogP contribution is 2.13. The predicted octanol–water partition coefficient (Wildman–Crippen LogP) is 2.05. The first-order chi connectivity index (χ1) is 2.77. The zero-order valence-electron chi connectivity index (χ0n) is 3.16. The summed E-state index contributed by atoms with van der Waals surface area (Å²) in [6, 6.07) is 0. The Bertz CT molecular complexity index is 32.0. The van der Waals surface area contributed by atoms with Crippen LogP contribution in [-0.4, -0.2) is 10.7 Å². The number of hydrogen-bond donors (Lipinski definition) is 0. The SMILES string of the molecule is [CH2]CSC(F)Cl. The van der Waals surface area contributed by atoms with Gasteiger partial charge in [-0.05, 0) is 12.7 Å². The van der Waals surface area contributed by atoms with Crippen molar-refractivity contribution in [1.29, 1.82) is 0 Å². The molecular formula is C3H5ClFS. The molecule has 0 N–H and O–H groups in total. The fourth-order valence-corrected chi connectivity index (χ4v) is 0.535. The lowest BCUT2D eigenvalue weighted by Gasteiger charge is -1.89. The van der Waals surface area contributed by atoms with E-state index in [1.807, 2.05) is 0 Å². The third-order valence-corrected chi connectivity index (χ3v) is 1.11. The maximum atomic E-state index is 11.4. The molecule has 1 unspecified atom stereocenters. The Kier molecular flexibility index (Phi) is 4.11. The number of thioether (sulfide) groups is 1. The molecular weight excluding hydrogens is 123 g/mol. The molecule has 0 amide bonds. The van der Waals surface area contributed by atoms with Crippen molar-refractivity contribution in [1.82, 2.24) is 0 Å². The highest BCUT2D eigenvalue weighted by Gasteiger charge is 1.93. The van der Waals surface area contributed by atoms with Gasteiger partial charge in [-0.15, -0.1) is 11.8 Å². The van der Waals surface area contributed by atoms with Gasteiger partial charge in [-0.1, -0.05) is 11.6 Å². The highest BCUT2D eigenvalue weighted by molar-refractivity contribution is 8.00. The zero-order chi connectivity index (χ0) is 4.99. The van der Waals surface area contributed by atoms with Gasteiger partial charge in [0.1, 0.15) is 0 Å². The topological polar surface area (TPSA) is 0 Å². The molecule has 0 fully saturated rings. The summed E-state index contributed by atoms with van der Waals surface area (Å²) in [6.45, 7) is 3.36. The van der Waals surface area contributed by atoms with Crippen molar-refractivity contribution >= 4 is 23.4 Å². The monoisotopic (exact) mass is 127 g/mol. The van der Waals surface area contributed by atoms with Crippen molar-refractivity contribution in [3.63, 3.8) is 0 Å². The van der Waals surface area contributed by atoms with Crippen LogP contribution >= 0.6 is 23.4 Å². The van der Waals surface area contributed by atoms with E-state index in [1.54, 1.807) is 0 Å².